The molecule has 0 amide bonds. The summed E-state index contributed by atoms with van der Waals surface area (Å²) in [4.78, 5) is 11.8. The van der Waals surface area contributed by atoms with Crippen molar-refractivity contribution in [1.29, 1.82) is 0 Å². The molecular formula is C19H28O2. The van der Waals surface area contributed by atoms with E-state index in [9.17, 15) is 4.79 Å². The summed E-state index contributed by atoms with van der Waals surface area (Å²) in [6.07, 6.45) is 3.48. The summed E-state index contributed by atoms with van der Waals surface area (Å²) in [6.45, 7) is 10.6. The first-order valence-corrected chi connectivity index (χ1v) is 8.01. The van der Waals surface area contributed by atoms with Crippen molar-refractivity contribution >= 4 is 5.97 Å². The third kappa shape index (κ3) is 4.33. The normalized spacial score (nSPS) is 19.2. The highest BCUT2D eigenvalue weighted by molar-refractivity contribution is 5.75. The van der Waals surface area contributed by atoms with E-state index in [2.05, 4.69) is 32.0 Å². The standard InChI is InChI=1S/C19H28O2/c1-13-6-7-16-10-15(11-17(16)9-13)8-14(2)12-21-18(20)19(3,4)5/h6-7,9,14-15H,8,10-12H2,1-5H3/t14-,15?/m0/s1. The van der Waals surface area contributed by atoms with Crippen molar-refractivity contribution < 1.29 is 9.53 Å². The van der Waals surface area contributed by atoms with Gasteiger partial charge in [-0.05, 0) is 69.9 Å². The van der Waals surface area contributed by atoms with Crippen LogP contribution in [0, 0.1) is 24.2 Å². The second-order valence-electron chi connectivity index (χ2n) is 7.74. The zero-order valence-corrected chi connectivity index (χ0v) is 14.0. The van der Waals surface area contributed by atoms with E-state index in [1.54, 1.807) is 0 Å². The van der Waals surface area contributed by atoms with E-state index in [-0.39, 0.29) is 5.97 Å². The largest absolute Gasteiger partial charge is 0.465 e. The maximum Gasteiger partial charge on any atom is 0.311 e. The zero-order valence-electron chi connectivity index (χ0n) is 14.0. The van der Waals surface area contributed by atoms with E-state index in [4.69, 9.17) is 4.74 Å². The van der Waals surface area contributed by atoms with Gasteiger partial charge in [0.2, 0.25) is 0 Å². The maximum absolute atomic E-state index is 11.8. The smallest absolute Gasteiger partial charge is 0.311 e. The highest BCUT2D eigenvalue weighted by atomic mass is 16.5. The van der Waals surface area contributed by atoms with Crippen LogP contribution in [0.3, 0.4) is 0 Å². The minimum absolute atomic E-state index is 0.0975. The molecule has 2 heteroatoms. The summed E-state index contributed by atoms with van der Waals surface area (Å²) in [5, 5.41) is 0. The molecule has 0 radical (unpaired) electrons. The van der Waals surface area contributed by atoms with Crippen LogP contribution in [-0.2, 0) is 22.4 Å². The SMILES string of the molecule is Cc1ccc2c(c1)CC(C[C@H](C)COC(=O)C(C)(C)C)C2. The summed E-state index contributed by atoms with van der Waals surface area (Å²) < 4.78 is 5.44. The second kappa shape index (κ2) is 6.21. The Kier molecular flexibility index (Phi) is 4.75. The first-order chi connectivity index (χ1) is 9.75. The summed E-state index contributed by atoms with van der Waals surface area (Å²) in [5.41, 5.74) is 3.96. The number of benzene rings is 1. The van der Waals surface area contributed by atoms with Crippen LogP contribution in [0.2, 0.25) is 0 Å². The molecule has 0 fully saturated rings. The van der Waals surface area contributed by atoms with Gasteiger partial charge in [0.25, 0.3) is 0 Å². The van der Waals surface area contributed by atoms with E-state index < -0.39 is 5.41 Å². The number of carbonyl (C=O) groups is 1. The van der Waals surface area contributed by atoms with Gasteiger partial charge in [0.15, 0.2) is 0 Å². The average molecular weight is 288 g/mol. The molecule has 0 aliphatic heterocycles. The molecule has 0 heterocycles. The number of hydrogen-bond acceptors (Lipinski definition) is 2. The Bertz CT molecular complexity index is 511. The Morgan fingerprint density at radius 2 is 1.95 bits per heavy atom. The summed E-state index contributed by atoms with van der Waals surface area (Å²) in [6, 6.07) is 6.80. The van der Waals surface area contributed by atoms with Gasteiger partial charge in [-0.3, -0.25) is 4.79 Å². The molecule has 0 saturated heterocycles. The van der Waals surface area contributed by atoms with E-state index in [0.717, 1.165) is 6.42 Å². The van der Waals surface area contributed by atoms with Crippen molar-refractivity contribution in [2.24, 2.45) is 17.3 Å². The van der Waals surface area contributed by atoms with Crippen molar-refractivity contribution in [1.82, 2.24) is 0 Å². The Morgan fingerprint density at radius 3 is 2.62 bits per heavy atom. The minimum Gasteiger partial charge on any atom is -0.465 e. The van der Waals surface area contributed by atoms with Gasteiger partial charge in [0.1, 0.15) is 0 Å². The van der Waals surface area contributed by atoms with Crippen LogP contribution in [0.5, 0.6) is 0 Å². The summed E-state index contributed by atoms with van der Waals surface area (Å²) in [5.74, 6) is 1.03. The van der Waals surface area contributed by atoms with Crippen molar-refractivity contribution in [3.63, 3.8) is 0 Å². The van der Waals surface area contributed by atoms with Crippen LogP contribution < -0.4 is 0 Å². The molecule has 0 aromatic heterocycles. The van der Waals surface area contributed by atoms with E-state index in [0.29, 0.717) is 18.4 Å². The van der Waals surface area contributed by atoms with Crippen molar-refractivity contribution in [2.75, 3.05) is 6.61 Å². The predicted molar refractivity (Wildman–Crippen MR) is 86.3 cm³/mol. The molecule has 116 valence electrons. The average Bonchev–Trinajstić information content (AvgIpc) is 2.75. The van der Waals surface area contributed by atoms with Crippen LogP contribution in [0.1, 0.15) is 50.8 Å². The van der Waals surface area contributed by atoms with Gasteiger partial charge >= 0.3 is 5.97 Å². The van der Waals surface area contributed by atoms with Gasteiger partial charge < -0.3 is 4.74 Å². The van der Waals surface area contributed by atoms with Gasteiger partial charge in [-0.25, -0.2) is 0 Å². The van der Waals surface area contributed by atoms with Crippen LogP contribution >= 0.6 is 0 Å². The molecule has 21 heavy (non-hydrogen) atoms. The van der Waals surface area contributed by atoms with Crippen molar-refractivity contribution in [3.8, 4) is 0 Å². The Morgan fingerprint density at radius 1 is 1.29 bits per heavy atom. The fourth-order valence-electron chi connectivity index (χ4n) is 3.08. The zero-order chi connectivity index (χ0) is 15.6. The number of aryl methyl sites for hydroxylation is 1. The van der Waals surface area contributed by atoms with Crippen LogP contribution in [0.4, 0.5) is 0 Å². The lowest BCUT2D eigenvalue weighted by Crippen LogP contribution is -2.25. The Balaban J connectivity index is 1.80. The molecule has 2 rings (SSSR count). The molecule has 1 aliphatic rings. The molecule has 0 saturated carbocycles. The monoisotopic (exact) mass is 288 g/mol. The molecule has 1 aromatic carbocycles. The Labute approximate surface area is 128 Å². The molecule has 1 aliphatic carbocycles. The fraction of sp³-hybridized carbons (Fsp3) is 0.632. The van der Waals surface area contributed by atoms with Gasteiger partial charge in [0, 0.05) is 0 Å². The second-order valence-corrected chi connectivity index (χ2v) is 7.74. The summed E-state index contributed by atoms with van der Waals surface area (Å²) in [7, 11) is 0. The molecular weight excluding hydrogens is 260 g/mol. The number of esters is 1. The lowest BCUT2D eigenvalue weighted by Gasteiger charge is -2.20. The first kappa shape index (κ1) is 16.1. The van der Waals surface area contributed by atoms with Crippen molar-refractivity contribution in [3.05, 3.63) is 34.9 Å². The van der Waals surface area contributed by atoms with Crippen LogP contribution in [-0.4, -0.2) is 12.6 Å². The first-order valence-electron chi connectivity index (χ1n) is 8.01. The molecule has 1 unspecified atom stereocenters. The van der Waals surface area contributed by atoms with E-state index >= 15 is 0 Å². The molecule has 2 nitrogen and oxygen atoms in total. The topological polar surface area (TPSA) is 26.3 Å². The van der Waals surface area contributed by atoms with Crippen molar-refractivity contribution in [2.45, 2.75) is 53.9 Å². The number of hydrogen-bond donors (Lipinski definition) is 0. The molecule has 0 N–H and O–H groups in total. The Hall–Kier alpha value is -1.31. The maximum atomic E-state index is 11.8. The highest BCUT2D eigenvalue weighted by Gasteiger charge is 2.26. The molecule has 0 spiro atoms. The van der Waals surface area contributed by atoms with Gasteiger partial charge in [0.05, 0.1) is 12.0 Å². The molecule has 1 aromatic rings. The highest BCUT2D eigenvalue weighted by Crippen LogP contribution is 2.31. The number of ether oxygens (including phenoxy) is 1. The lowest BCUT2D eigenvalue weighted by molar-refractivity contribution is -0.154. The van der Waals surface area contributed by atoms with E-state index in [1.165, 1.54) is 29.5 Å². The van der Waals surface area contributed by atoms with Crippen LogP contribution in [0.15, 0.2) is 18.2 Å². The number of rotatable bonds is 4. The predicted octanol–water partition coefficient (Wildman–Crippen LogP) is 4.33. The molecule has 0 bridgehead atoms. The third-order valence-electron chi connectivity index (χ3n) is 4.23. The number of carbonyl (C=O) groups excluding carboxylic acids is 1. The lowest BCUT2D eigenvalue weighted by atomic mass is 9.93. The van der Waals surface area contributed by atoms with E-state index in [1.807, 2.05) is 20.8 Å². The van der Waals surface area contributed by atoms with Crippen LogP contribution in [0.25, 0.3) is 0 Å². The summed E-state index contributed by atoms with van der Waals surface area (Å²) >= 11 is 0. The molecule has 2 atom stereocenters. The number of fused-ring (bicyclic) bond motifs is 1. The minimum atomic E-state index is -0.402. The van der Waals surface area contributed by atoms with Gasteiger partial charge in [-0.15, -0.1) is 0 Å². The van der Waals surface area contributed by atoms with Gasteiger partial charge in [-0.1, -0.05) is 30.7 Å². The third-order valence-corrected chi connectivity index (χ3v) is 4.23. The fourth-order valence-corrected chi connectivity index (χ4v) is 3.08. The quantitative estimate of drug-likeness (QED) is 0.771. The van der Waals surface area contributed by atoms with Gasteiger partial charge in [-0.2, -0.15) is 0 Å².